The Morgan fingerprint density at radius 2 is 1.68 bits per heavy atom. The van der Waals surface area contributed by atoms with Gasteiger partial charge in [0.25, 0.3) is 11.5 Å². The molecule has 0 saturated heterocycles. The number of pyridine rings is 1. The first kappa shape index (κ1) is 20.4. The van der Waals surface area contributed by atoms with Gasteiger partial charge in [-0.15, -0.1) is 0 Å². The van der Waals surface area contributed by atoms with E-state index in [1.807, 2.05) is 62.4 Å². The quantitative estimate of drug-likeness (QED) is 0.502. The maximum atomic E-state index is 13.5. The van der Waals surface area contributed by atoms with E-state index in [1.54, 1.807) is 36.3 Å². The minimum Gasteiger partial charge on any atom is -0.497 e. The summed E-state index contributed by atoms with van der Waals surface area (Å²) in [6.45, 7) is 4.15. The summed E-state index contributed by atoms with van der Waals surface area (Å²) in [5, 5.41) is 0.940. The van der Waals surface area contributed by atoms with Gasteiger partial charge in [-0.25, -0.2) is 0 Å². The molecule has 0 aliphatic heterocycles. The van der Waals surface area contributed by atoms with Crippen LogP contribution in [0.4, 0.5) is 5.69 Å². The topological polar surface area (TPSA) is 62.4 Å². The summed E-state index contributed by atoms with van der Waals surface area (Å²) < 4.78 is 5.20. The number of benzene rings is 3. The first-order chi connectivity index (χ1) is 14.9. The van der Waals surface area contributed by atoms with Gasteiger partial charge in [-0.2, -0.15) is 0 Å². The zero-order valence-corrected chi connectivity index (χ0v) is 17.8. The Balaban J connectivity index is 1.77. The van der Waals surface area contributed by atoms with Crippen molar-refractivity contribution in [2.24, 2.45) is 0 Å². The van der Waals surface area contributed by atoms with Gasteiger partial charge in [0.2, 0.25) is 0 Å². The molecule has 31 heavy (non-hydrogen) atoms. The number of carbonyl (C=O) groups excluding carboxylic acids is 1. The number of amides is 1. The molecule has 1 N–H and O–H groups in total. The molecule has 0 aliphatic carbocycles. The third kappa shape index (κ3) is 4.36. The van der Waals surface area contributed by atoms with Crippen molar-refractivity contribution in [2.45, 2.75) is 20.4 Å². The van der Waals surface area contributed by atoms with Crippen LogP contribution in [-0.4, -0.2) is 18.0 Å². The van der Waals surface area contributed by atoms with Crippen molar-refractivity contribution in [2.75, 3.05) is 12.0 Å². The minimum absolute atomic E-state index is 0.160. The van der Waals surface area contributed by atoms with Crippen LogP contribution in [0.1, 0.15) is 27.0 Å². The molecule has 1 aromatic heterocycles. The van der Waals surface area contributed by atoms with Gasteiger partial charge in [0.15, 0.2) is 0 Å². The highest BCUT2D eigenvalue weighted by Crippen LogP contribution is 2.23. The first-order valence-electron chi connectivity index (χ1n) is 10.1. The first-order valence-corrected chi connectivity index (χ1v) is 10.1. The number of aromatic nitrogens is 1. The van der Waals surface area contributed by atoms with E-state index < -0.39 is 0 Å². The smallest absolute Gasteiger partial charge is 0.258 e. The summed E-state index contributed by atoms with van der Waals surface area (Å²) in [7, 11) is 1.59. The molecule has 0 unspecified atom stereocenters. The number of fused-ring (bicyclic) bond motifs is 1. The predicted octanol–water partition coefficient (Wildman–Crippen LogP) is 5.00. The van der Waals surface area contributed by atoms with Crippen LogP contribution in [0, 0.1) is 13.8 Å². The molecular formula is C26H24N2O3. The van der Waals surface area contributed by atoms with E-state index in [0.717, 1.165) is 27.7 Å². The lowest BCUT2D eigenvalue weighted by Crippen LogP contribution is -2.33. The molecule has 0 aliphatic rings. The molecule has 3 aromatic carbocycles. The van der Waals surface area contributed by atoms with Gasteiger partial charge < -0.3 is 14.6 Å². The van der Waals surface area contributed by atoms with Crippen LogP contribution in [0.25, 0.3) is 10.9 Å². The fourth-order valence-electron chi connectivity index (χ4n) is 3.62. The predicted molar refractivity (Wildman–Crippen MR) is 124 cm³/mol. The number of nitrogens with one attached hydrogen (secondary N) is 1. The maximum Gasteiger partial charge on any atom is 0.258 e. The summed E-state index contributed by atoms with van der Waals surface area (Å²) in [4.78, 5) is 30.8. The van der Waals surface area contributed by atoms with E-state index in [4.69, 9.17) is 4.74 Å². The van der Waals surface area contributed by atoms with Gasteiger partial charge in [-0.05, 0) is 79.4 Å². The Kier molecular flexibility index (Phi) is 5.58. The zero-order valence-electron chi connectivity index (χ0n) is 17.8. The average molecular weight is 412 g/mol. The van der Waals surface area contributed by atoms with Crippen LogP contribution in [0.2, 0.25) is 0 Å². The number of carbonyl (C=O) groups is 1. The summed E-state index contributed by atoms with van der Waals surface area (Å²) >= 11 is 0. The molecule has 5 nitrogen and oxygen atoms in total. The van der Waals surface area contributed by atoms with Gasteiger partial charge in [0.05, 0.1) is 13.7 Å². The molecule has 0 radical (unpaired) electrons. The number of aryl methyl sites for hydroxylation is 2. The monoisotopic (exact) mass is 412 g/mol. The Labute approximate surface area is 180 Å². The normalized spacial score (nSPS) is 10.8. The molecule has 4 aromatic rings. The molecule has 4 rings (SSSR count). The number of H-pyrrole nitrogens is 1. The molecule has 0 saturated carbocycles. The van der Waals surface area contributed by atoms with E-state index in [0.29, 0.717) is 16.9 Å². The second-order valence-electron chi connectivity index (χ2n) is 7.67. The van der Waals surface area contributed by atoms with E-state index in [1.165, 1.54) is 0 Å². The Hall–Kier alpha value is -3.86. The molecule has 0 atom stereocenters. The maximum absolute atomic E-state index is 13.5. The highest BCUT2D eigenvalue weighted by atomic mass is 16.5. The highest BCUT2D eigenvalue weighted by molar-refractivity contribution is 6.06. The standard InChI is InChI=1S/C26H24N2O3/c1-17-5-4-6-22(14-17)28(26(30)19-8-10-23(31-3)11-9-19)16-21-15-20-13-18(2)7-12-24(20)27-25(21)29/h4-15H,16H2,1-3H3,(H,27,29). The van der Waals surface area contributed by atoms with Crippen molar-refractivity contribution in [3.05, 3.63) is 105 Å². The number of aromatic amines is 1. The van der Waals surface area contributed by atoms with Gasteiger partial charge in [0.1, 0.15) is 5.75 Å². The number of hydrogen-bond donors (Lipinski definition) is 1. The summed E-state index contributed by atoms with van der Waals surface area (Å²) in [5.74, 6) is 0.497. The average Bonchev–Trinajstić information content (AvgIpc) is 2.77. The third-order valence-corrected chi connectivity index (χ3v) is 5.30. The third-order valence-electron chi connectivity index (χ3n) is 5.30. The van der Waals surface area contributed by atoms with Crippen LogP contribution in [0.3, 0.4) is 0 Å². The van der Waals surface area contributed by atoms with Gasteiger partial charge in [-0.3, -0.25) is 9.59 Å². The highest BCUT2D eigenvalue weighted by Gasteiger charge is 2.20. The van der Waals surface area contributed by atoms with E-state index in [-0.39, 0.29) is 18.0 Å². The lowest BCUT2D eigenvalue weighted by molar-refractivity contribution is 0.0985. The molecule has 0 spiro atoms. The SMILES string of the molecule is COc1ccc(C(=O)N(Cc2cc3cc(C)ccc3[nH]c2=O)c2cccc(C)c2)cc1. The number of anilines is 1. The van der Waals surface area contributed by atoms with Crippen LogP contribution < -0.4 is 15.2 Å². The number of nitrogens with zero attached hydrogens (tertiary/aromatic N) is 1. The van der Waals surface area contributed by atoms with Crippen molar-refractivity contribution in [3.63, 3.8) is 0 Å². The summed E-state index contributed by atoms with van der Waals surface area (Å²) in [6.07, 6.45) is 0. The molecule has 0 fully saturated rings. The molecular weight excluding hydrogens is 388 g/mol. The largest absolute Gasteiger partial charge is 0.497 e. The lowest BCUT2D eigenvalue weighted by atomic mass is 10.1. The Bertz CT molecular complexity index is 1310. The Morgan fingerprint density at radius 3 is 2.39 bits per heavy atom. The number of ether oxygens (including phenoxy) is 1. The van der Waals surface area contributed by atoms with Crippen LogP contribution in [0.15, 0.2) is 77.6 Å². The Morgan fingerprint density at radius 1 is 0.935 bits per heavy atom. The molecule has 1 amide bonds. The minimum atomic E-state index is -0.198. The van der Waals surface area contributed by atoms with Crippen LogP contribution in [-0.2, 0) is 6.54 Å². The van der Waals surface area contributed by atoms with Crippen molar-refractivity contribution in [1.82, 2.24) is 4.98 Å². The number of hydrogen-bond acceptors (Lipinski definition) is 3. The molecule has 5 heteroatoms. The number of rotatable bonds is 5. The van der Waals surface area contributed by atoms with Gasteiger partial charge in [-0.1, -0.05) is 23.8 Å². The summed E-state index contributed by atoms with van der Waals surface area (Å²) in [5.41, 5.74) is 4.52. The lowest BCUT2D eigenvalue weighted by Gasteiger charge is -2.23. The van der Waals surface area contributed by atoms with Crippen molar-refractivity contribution >= 4 is 22.5 Å². The van der Waals surface area contributed by atoms with Gasteiger partial charge in [0, 0.05) is 22.3 Å². The second kappa shape index (κ2) is 8.48. The molecule has 1 heterocycles. The van der Waals surface area contributed by atoms with E-state index in [9.17, 15) is 9.59 Å². The zero-order chi connectivity index (χ0) is 22.0. The summed E-state index contributed by atoms with van der Waals surface area (Å²) in [6, 6.07) is 22.5. The van der Waals surface area contributed by atoms with Crippen molar-refractivity contribution < 1.29 is 9.53 Å². The van der Waals surface area contributed by atoms with E-state index in [2.05, 4.69) is 4.98 Å². The molecule has 156 valence electrons. The fraction of sp³-hybridized carbons (Fsp3) is 0.154. The fourth-order valence-corrected chi connectivity index (χ4v) is 3.62. The van der Waals surface area contributed by atoms with Crippen molar-refractivity contribution in [1.29, 1.82) is 0 Å². The number of methoxy groups -OCH3 is 1. The molecule has 0 bridgehead atoms. The van der Waals surface area contributed by atoms with E-state index >= 15 is 0 Å². The van der Waals surface area contributed by atoms with Crippen LogP contribution in [0.5, 0.6) is 5.75 Å². The second-order valence-corrected chi connectivity index (χ2v) is 7.67. The van der Waals surface area contributed by atoms with Crippen LogP contribution >= 0.6 is 0 Å². The van der Waals surface area contributed by atoms with Crippen molar-refractivity contribution in [3.8, 4) is 5.75 Å². The van der Waals surface area contributed by atoms with Gasteiger partial charge >= 0.3 is 0 Å².